The van der Waals surface area contributed by atoms with Crippen molar-refractivity contribution in [3.8, 4) is 0 Å². The Morgan fingerprint density at radius 2 is 1.65 bits per heavy atom. The molecular weight excluding hydrogens is 598 g/mol. The lowest BCUT2D eigenvalue weighted by molar-refractivity contribution is -0.137. The van der Waals surface area contributed by atoms with Crippen molar-refractivity contribution >= 4 is 41.0 Å². The molecule has 0 bridgehead atoms. The molecule has 2 aromatic carbocycles. The number of para-hydroxylation sites is 2. The maximum absolute atomic E-state index is 14.0. The zero-order valence-electron chi connectivity index (χ0n) is 27.5. The van der Waals surface area contributed by atoms with E-state index in [0.717, 1.165) is 74.1 Å². The molecule has 0 aromatic heterocycles. The van der Waals surface area contributed by atoms with E-state index in [1.165, 1.54) is 0 Å². The molecule has 2 N–H and O–H groups in total. The van der Waals surface area contributed by atoms with Crippen molar-refractivity contribution in [2.75, 3.05) is 49.5 Å². The van der Waals surface area contributed by atoms with Gasteiger partial charge in [-0.3, -0.25) is 9.59 Å². The number of carbonyl (C=O) groups is 3. The largest absolute Gasteiger partial charge is 0.393 e. The Hall–Kier alpha value is -3.24. The number of urea groups is 1. The highest BCUT2D eigenvalue weighted by atomic mass is 32.2. The van der Waals surface area contributed by atoms with Gasteiger partial charge in [0.1, 0.15) is 5.37 Å². The van der Waals surface area contributed by atoms with Crippen LogP contribution in [-0.2, 0) is 16.0 Å². The zero-order valence-corrected chi connectivity index (χ0v) is 28.3. The van der Waals surface area contributed by atoms with Crippen molar-refractivity contribution in [3.05, 3.63) is 59.7 Å². The lowest BCUT2D eigenvalue weighted by atomic mass is 9.92. The number of nitrogens with zero attached hydrogens (tertiary/aromatic N) is 4. The van der Waals surface area contributed by atoms with Gasteiger partial charge in [0.15, 0.2) is 0 Å². The number of piperidine rings is 2. The van der Waals surface area contributed by atoms with E-state index in [1.54, 1.807) is 11.8 Å². The van der Waals surface area contributed by atoms with Gasteiger partial charge in [0.25, 0.3) is 0 Å². The second-order valence-corrected chi connectivity index (χ2v) is 15.7. The van der Waals surface area contributed by atoms with Crippen molar-refractivity contribution < 1.29 is 22.3 Å². The van der Waals surface area contributed by atoms with Gasteiger partial charge in [-0.15, -0.1) is 11.8 Å². The summed E-state index contributed by atoms with van der Waals surface area (Å²) in [5.41, 5.74) is 4.34. The summed E-state index contributed by atoms with van der Waals surface area (Å²) in [5.74, 6) is 0.0684. The summed E-state index contributed by atoms with van der Waals surface area (Å²) in [6.07, 6.45) is 4.56. The van der Waals surface area contributed by atoms with Gasteiger partial charge in [-0.2, -0.15) is 0 Å². The second kappa shape index (κ2) is 13.9. The first kappa shape index (κ1) is 32.7. The van der Waals surface area contributed by atoms with Crippen LogP contribution in [0.1, 0.15) is 78.7 Å². The Balaban J connectivity index is 0.00000260. The van der Waals surface area contributed by atoms with E-state index in [0.29, 0.717) is 26.2 Å². The number of benzene rings is 2. The van der Waals surface area contributed by atoms with Crippen LogP contribution in [0.2, 0.25) is 0 Å². The molecule has 4 aliphatic heterocycles. The number of nitrogens with one attached hydrogen (secondary N) is 1. The maximum Gasteiger partial charge on any atom is 0.322 e. The third kappa shape index (κ3) is 7.33. The Bertz CT molecular complexity index is 1430. The Labute approximate surface area is 280 Å². The standard InChI is InChI=1S/C36H49N5O4S.2H2/c1-36(2,3)17-23-41-33(44)31(46-34(41)28-9-5-7-11-30(28)38-20-15-27(42)16-21-38)24-32(43)39-18-13-26(14-19-39)40-22-12-25-8-4-6-10-29(25)37-35(40)45;;/h4-11,26-27,31,34,42H,12-24H2,1-3H3,(H,37,45);2*1H. The van der Waals surface area contributed by atoms with Crippen LogP contribution in [0.25, 0.3) is 0 Å². The lowest BCUT2D eigenvalue weighted by Gasteiger charge is -2.38. The highest BCUT2D eigenvalue weighted by Gasteiger charge is 2.44. The minimum Gasteiger partial charge on any atom is -0.393 e. The molecule has 9 nitrogen and oxygen atoms in total. The van der Waals surface area contributed by atoms with Crippen LogP contribution < -0.4 is 10.2 Å². The van der Waals surface area contributed by atoms with Crippen molar-refractivity contribution in [3.63, 3.8) is 0 Å². The van der Waals surface area contributed by atoms with Crippen LogP contribution in [0.3, 0.4) is 0 Å². The summed E-state index contributed by atoms with van der Waals surface area (Å²) in [6.45, 7) is 10.7. The molecule has 46 heavy (non-hydrogen) atoms. The van der Waals surface area contributed by atoms with Gasteiger partial charge in [0.2, 0.25) is 11.8 Å². The molecule has 0 saturated carbocycles. The lowest BCUT2D eigenvalue weighted by Crippen LogP contribution is -2.50. The SMILES string of the molecule is CC(C)(C)CCN1C(=O)C(CC(=O)N2CCC(N3CCc4ccccc4NC3=O)CC2)SC1c1ccccc1N1CCC(O)CC1.[HH].[HH]. The average molecular weight is 652 g/mol. The molecule has 4 amide bonds. The second-order valence-electron chi connectivity index (χ2n) is 14.4. The fourth-order valence-corrected chi connectivity index (χ4v) is 8.70. The number of rotatable bonds is 7. The third-order valence-electron chi connectivity index (χ3n) is 10.0. The predicted molar refractivity (Wildman–Crippen MR) is 188 cm³/mol. The van der Waals surface area contributed by atoms with Gasteiger partial charge in [0.05, 0.1) is 11.4 Å². The normalized spacial score (nSPS) is 23.4. The topological polar surface area (TPSA) is 96.4 Å². The number of thioether (sulfide) groups is 1. The van der Waals surface area contributed by atoms with Crippen LogP contribution in [0, 0.1) is 5.41 Å². The van der Waals surface area contributed by atoms with E-state index < -0.39 is 5.25 Å². The van der Waals surface area contributed by atoms with E-state index in [9.17, 15) is 19.5 Å². The van der Waals surface area contributed by atoms with Crippen LogP contribution in [0.4, 0.5) is 16.2 Å². The minimum atomic E-state index is -0.429. The molecule has 252 valence electrons. The monoisotopic (exact) mass is 651 g/mol. The van der Waals surface area contributed by atoms with Crippen LogP contribution in [-0.4, -0.2) is 94.3 Å². The molecule has 0 aliphatic carbocycles. The first-order chi connectivity index (χ1) is 22.1. The number of anilines is 2. The number of carbonyl (C=O) groups excluding carboxylic acids is 3. The summed E-state index contributed by atoms with van der Waals surface area (Å²) in [4.78, 5) is 48.9. The maximum atomic E-state index is 14.0. The summed E-state index contributed by atoms with van der Waals surface area (Å²) in [7, 11) is 0. The number of amides is 4. The number of hydrogen-bond donors (Lipinski definition) is 2. The summed E-state index contributed by atoms with van der Waals surface area (Å²) in [6, 6.07) is 16.3. The average Bonchev–Trinajstić information content (AvgIpc) is 3.24. The number of likely N-dealkylation sites (tertiary alicyclic amines) is 1. The molecule has 2 atom stereocenters. The number of aliphatic hydroxyl groups excluding tert-OH is 1. The van der Waals surface area contributed by atoms with Gasteiger partial charge in [0, 0.05) is 71.5 Å². The smallest absolute Gasteiger partial charge is 0.322 e. The zero-order chi connectivity index (χ0) is 32.4. The number of aliphatic hydroxyl groups is 1. The predicted octanol–water partition coefficient (Wildman–Crippen LogP) is 5.99. The molecule has 2 aromatic rings. The molecule has 6 rings (SSSR count). The van der Waals surface area contributed by atoms with E-state index in [1.807, 2.05) is 45.0 Å². The number of hydrogen-bond acceptors (Lipinski definition) is 6. The quantitative estimate of drug-likeness (QED) is 0.382. The van der Waals surface area contributed by atoms with Gasteiger partial charge < -0.3 is 30.0 Å². The molecule has 3 saturated heterocycles. The van der Waals surface area contributed by atoms with Gasteiger partial charge in [-0.25, -0.2) is 4.79 Å². The minimum absolute atomic E-state index is 0. The molecule has 10 heteroatoms. The number of fused-ring (bicyclic) bond motifs is 1. The van der Waals surface area contributed by atoms with Crippen molar-refractivity contribution in [1.29, 1.82) is 0 Å². The van der Waals surface area contributed by atoms with Crippen LogP contribution in [0.5, 0.6) is 0 Å². The Morgan fingerprint density at radius 3 is 2.39 bits per heavy atom. The third-order valence-corrected chi connectivity index (χ3v) is 11.5. The first-order valence-electron chi connectivity index (χ1n) is 17.0. The molecule has 3 fully saturated rings. The summed E-state index contributed by atoms with van der Waals surface area (Å²) >= 11 is 1.61. The van der Waals surface area contributed by atoms with Crippen LogP contribution >= 0.6 is 11.8 Å². The molecule has 0 radical (unpaired) electrons. The summed E-state index contributed by atoms with van der Waals surface area (Å²) < 4.78 is 0. The molecular formula is C36H53N5O4S. The van der Waals surface area contributed by atoms with Crippen molar-refractivity contribution in [2.45, 2.75) is 88.5 Å². The molecule has 4 aliphatic rings. The Kier molecular flexibility index (Phi) is 9.85. The fraction of sp³-hybridized carbons (Fsp3) is 0.583. The summed E-state index contributed by atoms with van der Waals surface area (Å²) in [5, 5.41) is 12.6. The molecule has 4 heterocycles. The van der Waals surface area contributed by atoms with Crippen molar-refractivity contribution in [2.24, 2.45) is 5.41 Å². The van der Waals surface area contributed by atoms with E-state index in [-0.39, 0.29) is 50.1 Å². The van der Waals surface area contributed by atoms with Gasteiger partial charge in [-0.05, 0) is 61.6 Å². The molecule has 0 spiro atoms. The molecule has 2 unspecified atom stereocenters. The van der Waals surface area contributed by atoms with Crippen molar-refractivity contribution in [1.82, 2.24) is 14.7 Å². The van der Waals surface area contributed by atoms with E-state index >= 15 is 0 Å². The van der Waals surface area contributed by atoms with Crippen LogP contribution in [0.15, 0.2) is 48.5 Å². The van der Waals surface area contributed by atoms with E-state index in [4.69, 9.17) is 0 Å². The first-order valence-corrected chi connectivity index (χ1v) is 17.9. The fourth-order valence-electron chi connectivity index (χ4n) is 7.19. The van der Waals surface area contributed by atoms with Gasteiger partial charge in [-0.1, -0.05) is 57.2 Å². The Morgan fingerprint density at radius 1 is 0.957 bits per heavy atom. The van der Waals surface area contributed by atoms with E-state index in [2.05, 4.69) is 49.2 Å². The highest BCUT2D eigenvalue weighted by molar-refractivity contribution is 8.01. The highest BCUT2D eigenvalue weighted by Crippen LogP contribution is 2.48. The van der Waals surface area contributed by atoms with Gasteiger partial charge >= 0.3 is 6.03 Å².